The van der Waals surface area contributed by atoms with Crippen molar-refractivity contribution in [3.63, 3.8) is 0 Å². The molecular formula is C17H15FN6S. The predicted molar refractivity (Wildman–Crippen MR) is 95.5 cm³/mol. The summed E-state index contributed by atoms with van der Waals surface area (Å²) in [5, 5.41) is 9.37. The molecule has 8 heteroatoms. The molecule has 126 valence electrons. The predicted octanol–water partition coefficient (Wildman–Crippen LogP) is 3.64. The second-order valence-electron chi connectivity index (χ2n) is 5.56. The van der Waals surface area contributed by atoms with Gasteiger partial charge in [-0.25, -0.2) is 24.0 Å². The second kappa shape index (κ2) is 6.21. The van der Waals surface area contributed by atoms with Crippen molar-refractivity contribution < 1.29 is 4.39 Å². The smallest absolute Gasteiger partial charge is 0.168 e. The van der Waals surface area contributed by atoms with Crippen LogP contribution in [0.3, 0.4) is 0 Å². The fourth-order valence-electron chi connectivity index (χ4n) is 2.69. The van der Waals surface area contributed by atoms with Crippen molar-refractivity contribution in [3.05, 3.63) is 58.2 Å². The Balaban J connectivity index is 1.70. The van der Waals surface area contributed by atoms with Crippen molar-refractivity contribution in [2.24, 2.45) is 0 Å². The fourth-order valence-corrected chi connectivity index (χ4v) is 3.56. The quantitative estimate of drug-likeness (QED) is 0.606. The van der Waals surface area contributed by atoms with E-state index in [1.165, 1.54) is 17.1 Å². The molecule has 1 aromatic carbocycles. The highest BCUT2D eigenvalue weighted by Gasteiger charge is 2.14. The van der Waals surface area contributed by atoms with Crippen LogP contribution in [0.25, 0.3) is 16.7 Å². The molecule has 0 saturated carbocycles. The van der Waals surface area contributed by atoms with Gasteiger partial charge in [-0.05, 0) is 26.0 Å². The summed E-state index contributed by atoms with van der Waals surface area (Å²) in [5.74, 6) is 0.314. The van der Waals surface area contributed by atoms with Crippen molar-refractivity contribution in [2.75, 3.05) is 5.32 Å². The summed E-state index contributed by atoms with van der Waals surface area (Å²) in [6.07, 6.45) is 3.10. The largest absolute Gasteiger partial charge is 0.364 e. The number of rotatable bonds is 4. The first kappa shape index (κ1) is 15.6. The molecular weight excluding hydrogens is 339 g/mol. The van der Waals surface area contributed by atoms with Gasteiger partial charge in [-0.1, -0.05) is 12.1 Å². The Morgan fingerprint density at radius 2 is 2.04 bits per heavy atom. The van der Waals surface area contributed by atoms with Crippen LogP contribution < -0.4 is 5.32 Å². The van der Waals surface area contributed by atoms with Crippen LogP contribution in [0.15, 0.2) is 36.8 Å². The van der Waals surface area contributed by atoms with Gasteiger partial charge in [-0.2, -0.15) is 5.10 Å². The molecule has 0 unspecified atom stereocenters. The number of hydrogen-bond acceptors (Lipinski definition) is 6. The molecule has 0 aliphatic rings. The Morgan fingerprint density at radius 1 is 1.20 bits per heavy atom. The summed E-state index contributed by atoms with van der Waals surface area (Å²) in [4.78, 5) is 14.2. The lowest BCUT2D eigenvalue weighted by atomic mass is 10.3. The van der Waals surface area contributed by atoms with Crippen molar-refractivity contribution in [1.29, 1.82) is 0 Å². The summed E-state index contributed by atoms with van der Waals surface area (Å²) >= 11 is 1.66. The number of benzene rings is 1. The van der Waals surface area contributed by atoms with Crippen LogP contribution in [0.1, 0.15) is 15.6 Å². The van der Waals surface area contributed by atoms with Gasteiger partial charge in [0.2, 0.25) is 0 Å². The summed E-state index contributed by atoms with van der Waals surface area (Å²) in [6, 6.07) is 6.48. The molecule has 1 N–H and O–H groups in total. The normalized spacial score (nSPS) is 11.2. The molecule has 0 fully saturated rings. The molecule has 0 aliphatic carbocycles. The highest BCUT2D eigenvalue weighted by molar-refractivity contribution is 7.11. The molecule has 4 rings (SSSR count). The molecule has 0 bridgehead atoms. The van der Waals surface area contributed by atoms with Crippen molar-refractivity contribution in [2.45, 2.75) is 20.4 Å². The Hall–Kier alpha value is -2.87. The first-order valence-electron chi connectivity index (χ1n) is 7.74. The van der Waals surface area contributed by atoms with E-state index in [0.29, 0.717) is 23.7 Å². The summed E-state index contributed by atoms with van der Waals surface area (Å²) in [7, 11) is 0. The van der Waals surface area contributed by atoms with E-state index in [9.17, 15) is 4.39 Å². The highest BCUT2D eigenvalue weighted by atomic mass is 32.1. The van der Waals surface area contributed by atoms with Crippen LogP contribution in [-0.2, 0) is 6.54 Å². The van der Waals surface area contributed by atoms with E-state index in [2.05, 4.69) is 25.4 Å². The average Bonchev–Trinajstić information content (AvgIpc) is 3.16. The van der Waals surface area contributed by atoms with Gasteiger partial charge in [0, 0.05) is 4.88 Å². The molecule has 4 aromatic rings. The van der Waals surface area contributed by atoms with Crippen LogP contribution in [0.5, 0.6) is 0 Å². The number of anilines is 1. The number of nitrogens with one attached hydrogen (secondary N) is 1. The van der Waals surface area contributed by atoms with E-state index in [4.69, 9.17) is 0 Å². The molecule has 3 heterocycles. The van der Waals surface area contributed by atoms with Gasteiger partial charge in [-0.3, -0.25) is 0 Å². The monoisotopic (exact) mass is 354 g/mol. The van der Waals surface area contributed by atoms with Gasteiger partial charge in [0.1, 0.15) is 23.6 Å². The minimum atomic E-state index is -0.351. The van der Waals surface area contributed by atoms with E-state index in [1.54, 1.807) is 35.7 Å². The summed E-state index contributed by atoms with van der Waals surface area (Å²) < 4.78 is 15.6. The van der Waals surface area contributed by atoms with Crippen molar-refractivity contribution in [3.8, 4) is 5.69 Å². The minimum Gasteiger partial charge on any atom is -0.364 e. The van der Waals surface area contributed by atoms with Crippen molar-refractivity contribution >= 4 is 28.2 Å². The number of para-hydroxylation sites is 1. The SMILES string of the molecule is Cc1nc(C)c(CNc2ncnc3c2cnn3-c2ccccc2F)s1. The third kappa shape index (κ3) is 2.85. The maximum Gasteiger partial charge on any atom is 0.168 e. The van der Waals surface area contributed by atoms with Crippen molar-refractivity contribution in [1.82, 2.24) is 24.7 Å². The van der Waals surface area contributed by atoms with Crippen LogP contribution in [0.2, 0.25) is 0 Å². The third-order valence-electron chi connectivity index (χ3n) is 3.86. The number of aryl methyl sites for hydroxylation is 2. The molecule has 6 nitrogen and oxygen atoms in total. The third-order valence-corrected chi connectivity index (χ3v) is 4.94. The van der Waals surface area contributed by atoms with E-state index in [1.807, 2.05) is 13.8 Å². The van der Waals surface area contributed by atoms with E-state index < -0.39 is 0 Å². The summed E-state index contributed by atoms with van der Waals surface area (Å²) in [6.45, 7) is 4.60. The first-order valence-corrected chi connectivity index (χ1v) is 8.55. The van der Waals surface area contributed by atoms with Crippen LogP contribution in [0.4, 0.5) is 10.2 Å². The van der Waals surface area contributed by atoms with Gasteiger partial charge >= 0.3 is 0 Å². The van der Waals surface area contributed by atoms with Gasteiger partial charge in [0.05, 0.1) is 28.8 Å². The number of nitrogens with zero attached hydrogens (tertiary/aromatic N) is 5. The van der Waals surface area contributed by atoms with Gasteiger partial charge in [-0.15, -0.1) is 11.3 Å². The topological polar surface area (TPSA) is 68.5 Å². The zero-order chi connectivity index (χ0) is 17.4. The Labute approximate surface area is 147 Å². The molecule has 0 aliphatic heterocycles. The standard InChI is InChI=1S/C17H15FN6S/c1-10-15(25-11(2)23-10)8-19-16-12-7-22-24(17(12)21-9-20-16)14-6-4-3-5-13(14)18/h3-7,9H,8H2,1-2H3,(H,19,20,21). The van der Waals surface area contributed by atoms with E-state index in [-0.39, 0.29) is 5.82 Å². The number of thiazole rings is 1. The van der Waals surface area contributed by atoms with Gasteiger partial charge < -0.3 is 5.32 Å². The number of hydrogen-bond donors (Lipinski definition) is 1. The van der Waals surface area contributed by atoms with Gasteiger partial charge in [0.15, 0.2) is 5.65 Å². The molecule has 0 atom stereocenters. The molecule has 3 aromatic heterocycles. The number of halogens is 1. The number of fused-ring (bicyclic) bond motifs is 1. The molecule has 0 amide bonds. The molecule has 0 saturated heterocycles. The zero-order valence-corrected chi connectivity index (χ0v) is 14.5. The maximum atomic E-state index is 14.1. The lowest BCUT2D eigenvalue weighted by Gasteiger charge is -2.07. The minimum absolute atomic E-state index is 0.351. The van der Waals surface area contributed by atoms with E-state index in [0.717, 1.165) is 21.0 Å². The van der Waals surface area contributed by atoms with Crippen LogP contribution in [0, 0.1) is 19.7 Å². The Kier molecular flexibility index (Phi) is 3.89. The fraction of sp³-hybridized carbons (Fsp3) is 0.176. The molecule has 0 radical (unpaired) electrons. The van der Waals surface area contributed by atoms with Crippen LogP contribution in [-0.4, -0.2) is 24.7 Å². The van der Waals surface area contributed by atoms with E-state index >= 15 is 0 Å². The Bertz CT molecular complexity index is 1050. The first-order chi connectivity index (χ1) is 12.1. The molecule has 0 spiro atoms. The van der Waals surface area contributed by atoms with Gasteiger partial charge in [0.25, 0.3) is 0 Å². The second-order valence-corrected chi connectivity index (χ2v) is 6.85. The Morgan fingerprint density at radius 3 is 2.80 bits per heavy atom. The average molecular weight is 354 g/mol. The molecule has 25 heavy (non-hydrogen) atoms. The van der Waals surface area contributed by atoms with Crippen LogP contribution >= 0.6 is 11.3 Å². The summed E-state index contributed by atoms with van der Waals surface area (Å²) in [5.41, 5.74) is 1.93. The highest BCUT2D eigenvalue weighted by Crippen LogP contribution is 2.24. The zero-order valence-electron chi connectivity index (χ0n) is 13.7. The number of aromatic nitrogens is 5. The lowest BCUT2D eigenvalue weighted by molar-refractivity contribution is 0.612. The lowest BCUT2D eigenvalue weighted by Crippen LogP contribution is -2.04. The maximum absolute atomic E-state index is 14.1.